The first-order valence-corrected chi connectivity index (χ1v) is 9.67. The summed E-state index contributed by atoms with van der Waals surface area (Å²) >= 11 is 6.12. The lowest BCUT2D eigenvalue weighted by atomic mass is 10.2. The van der Waals surface area contributed by atoms with Crippen molar-refractivity contribution in [1.29, 1.82) is 0 Å². The SMILES string of the molecule is CCCCCOc1cc(C)c(Cl)cc1S(=O)(=O)Nc1ccccn1. The van der Waals surface area contributed by atoms with Crippen LogP contribution in [0.15, 0.2) is 41.4 Å². The zero-order valence-electron chi connectivity index (χ0n) is 13.8. The van der Waals surface area contributed by atoms with Gasteiger partial charge in [-0.15, -0.1) is 0 Å². The van der Waals surface area contributed by atoms with Crippen LogP contribution in [0, 0.1) is 6.92 Å². The molecule has 2 rings (SSSR count). The van der Waals surface area contributed by atoms with Crippen molar-refractivity contribution in [3.63, 3.8) is 0 Å². The smallest absolute Gasteiger partial charge is 0.266 e. The van der Waals surface area contributed by atoms with Gasteiger partial charge < -0.3 is 4.74 Å². The highest BCUT2D eigenvalue weighted by Crippen LogP contribution is 2.31. The van der Waals surface area contributed by atoms with Crippen molar-refractivity contribution in [2.75, 3.05) is 11.3 Å². The molecule has 7 heteroatoms. The number of hydrogen-bond donors (Lipinski definition) is 1. The fourth-order valence-electron chi connectivity index (χ4n) is 2.11. The van der Waals surface area contributed by atoms with Crippen molar-refractivity contribution < 1.29 is 13.2 Å². The predicted molar refractivity (Wildman–Crippen MR) is 96.3 cm³/mol. The van der Waals surface area contributed by atoms with E-state index < -0.39 is 10.0 Å². The van der Waals surface area contributed by atoms with Crippen molar-refractivity contribution in [3.05, 3.63) is 47.1 Å². The van der Waals surface area contributed by atoms with Crippen LogP contribution < -0.4 is 9.46 Å². The number of aromatic nitrogens is 1. The number of aryl methyl sites for hydroxylation is 1. The standard InChI is InChI=1S/C17H21ClN2O3S/c1-3-4-7-10-23-15-11-13(2)14(18)12-16(15)24(21,22)20-17-8-5-6-9-19-17/h5-6,8-9,11-12H,3-4,7,10H2,1-2H3,(H,19,20). The highest BCUT2D eigenvalue weighted by atomic mass is 35.5. The summed E-state index contributed by atoms with van der Waals surface area (Å²) < 4.78 is 33.5. The van der Waals surface area contributed by atoms with Crippen LogP contribution in [-0.2, 0) is 10.0 Å². The molecule has 0 radical (unpaired) electrons. The number of nitrogens with one attached hydrogen (secondary N) is 1. The van der Waals surface area contributed by atoms with E-state index in [0.717, 1.165) is 24.8 Å². The Morgan fingerprint density at radius 1 is 1.25 bits per heavy atom. The lowest BCUT2D eigenvalue weighted by Crippen LogP contribution is -2.15. The summed E-state index contributed by atoms with van der Waals surface area (Å²) in [5.74, 6) is 0.544. The van der Waals surface area contributed by atoms with Crippen LogP contribution in [0.25, 0.3) is 0 Å². The monoisotopic (exact) mass is 368 g/mol. The second-order valence-electron chi connectivity index (χ2n) is 5.42. The number of sulfonamides is 1. The largest absolute Gasteiger partial charge is 0.492 e. The normalized spacial score (nSPS) is 11.3. The molecular formula is C17H21ClN2O3S. The van der Waals surface area contributed by atoms with Gasteiger partial charge in [-0.2, -0.15) is 0 Å². The quantitative estimate of drug-likeness (QED) is 0.700. The molecule has 0 aliphatic rings. The summed E-state index contributed by atoms with van der Waals surface area (Å²) in [6, 6.07) is 8.06. The molecule has 1 heterocycles. The maximum absolute atomic E-state index is 12.7. The Labute approximate surface area is 148 Å². The van der Waals surface area contributed by atoms with Crippen molar-refractivity contribution in [2.24, 2.45) is 0 Å². The van der Waals surface area contributed by atoms with Crippen molar-refractivity contribution in [3.8, 4) is 5.75 Å². The first-order valence-electron chi connectivity index (χ1n) is 7.81. The predicted octanol–water partition coefficient (Wildman–Crippen LogP) is 4.41. The summed E-state index contributed by atoms with van der Waals surface area (Å²) in [7, 11) is -3.85. The second kappa shape index (κ2) is 8.35. The lowest BCUT2D eigenvalue weighted by Gasteiger charge is -2.14. The number of pyridine rings is 1. The third-order valence-corrected chi connectivity index (χ3v) is 5.21. The average molecular weight is 369 g/mol. The molecule has 0 unspecified atom stereocenters. The molecule has 0 aliphatic carbocycles. The lowest BCUT2D eigenvalue weighted by molar-refractivity contribution is 0.298. The number of ether oxygens (including phenoxy) is 1. The second-order valence-corrected chi connectivity index (χ2v) is 7.48. The van der Waals surface area contributed by atoms with Gasteiger partial charge in [0.1, 0.15) is 16.5 Å². The van der Waals surface area contributed by atoms with E-state index in [9.17, 15) is 8.42 Å². The summed E-state index contributed by atoms with van der Waals surface area (Å²) in [6.07, 6.45) is 4.48. The van der Waals surface area contributed by atoms with E-state index in [1.54, 1.807) is 24.3 Å². The van der Waals surface area contributed by atoms with Gasteiger partial charge in [0.2, 0.25) is 0 Å². The number of unbranched alkanes of at least 4 members (excludes halogenated alkanes) is 2. The van der Waals surface area contributed by atoms with Gasteiger partial charge in [0.25, 0.3) is 10.0 Å². The number of anilines is 1. The molecule has 24 heavy (non-hydrogen) atoms. The van der Waals surface area contributed by atoms with E-state index in [4.69, 9.17) is 16.3 Å². The minimum Gasteiger partial charge on any atom is -0.492 e. The molecule has 130 valence electrons. The Morgan fingerprint density at radius 3 is 2.71 bits per heavy atom. The van der Waals surface area contributed by atoms with Gasteiger partial charge in [-0.25, -0.2) is 13.4 Å². The van der Waals surface area contributed by atoms with Crippen LogP contribution in [0.1, 0.15) is 31.7 Å². The number of nitrogens with zero attached hydrogens (tertiary/aromatic N) is 1. The molecular weight excluding hydrogens is 348 g/mol. The third kappa shape index (κ3) is 4.85. The maximum Gasteiger partial charge on any atom is 0.266 e. The number of halogens is 1. The van der Waals surface area contributed by atoms with E-state index in [2.05, 4.69) is 16.6 Å². The fourth-order valence-corrected chi connectivity index (χ4v) is 3.50. The molecule has 0 amide bonds. The third-order valence-electron chi connectivity index (χ3n) is 3.42. The first kappa shape index (κ1) is 18.5. The molecule has 1 aromatic carbocycles. The van der Waals surface area contributed by atoms with Crippen LogP contribution in [0.5, 0.6) is 5.75 Å². The van der Waals surface area contributed by atoms with Crippen LogP contribution in [-0.4, -0.2) is 20.0 Å². The molecule has 0 spiro atoms. The Bertz CT molecular complexity index is 780. The number of rotatable bonds is 8. The number of benzene rings is 1. The van der Waals surface area contributed by atoms with Crippen LogP contribution in [0.3, 0.4) is 0 Å². The highest BCUT2D eigenvalue weighted by Gasteiger charge is 2.22. The van der Waals surface area contributed by atoms with E-state index in [1.165, 1.54) is 12.3 Å². The molecule has 2 aromatic rings. The summed E-state index contributed by atoms with van der Waals surface area (Å²) in [4.78, 5) is 4.00. The maximum atomic E-state index is 12.7. The minimum atomic E-state index is -3.85. The first-order chi connectivity index (χ1) is 11.4. The molecule has 1 aromatic heterocycles. The molecule has 0 bridgehead atoms. The Morgan fingerprint density at radius 2 is 2.04 bits per heavy atom. The van der Waals surface area contributed by atoms with E-state index in [0.29, 0.717) is 17.4 Å². The van der Waals surface area contributed by atoms with Gasteiger partial charge in [-0.05, 0) is 43.2 Å². The van der Waals surface area contributed by atoms with Gasteiger partial charge in [-0.3, -0.25) is 4.72 Å². The number of hydrogen-bond acceptors (Lipinski definition) is 4. The molecule has 0 aliphatic heterocycles. The Balaban J connectivity index is 2.30. The Kier molecular flexibility index (Phi) is 6.45. The molecule has 5 nitrogen and oxygen atoms in total. The summed E-state index contributed by atoms with van der Waals surface area (Å²) in [5.41, 5.74) is 0.763. The topological polar surface area (TPSA) is 68.3 Å². The molecule has 0 saturated heterocycles. The Hall–Kier alpha value is -1.79. The van der Waals surface area contributed by atoms with Crippen LogP contribution in [0.2, 0.25) is 5.02 Å². The molecule has 0 saturated carbocycles. The van der Waals surface area contributed by atoms with E-state index in [1.807, 2.05) is 6.92 Å². The van der Waals surface area contributed by atoms with Gasteiger partial charge in [0.05, 0.1) is 6.61 Å². The zero-order chi connectivity index (χ0) is 17.6. The summed E-state index contributed by atoms with van der Waals surface area (Å²) in [6.45, 7) is 4.37. The van der Waals surface area contributed by atoms with Gasteiger partial charge >= 0.3 is 0 Å². The zero-order valence-corrected chi connectivity index (χ0v) is 15.3. The van der Waals surface area contributed by atoms with Gasteiger partial charge in [0.15, 0.2) is 0 Å². The van der Waals surface area contributed by atoms with Crippen molar-refractivity contribution in [2.45, 2.75) is 38.0 Å². The van der Waals surface area contributed by atoms with Crippen molar-refractivity contribution in [1.82, 2.24) is 4.98 Å². The summed E-state index contributed by atoms with van der Waals surface area (Å²) in [5, 5.41) is 0.373. The van der Waals surface area contributed by atoms with Crippen LogP contribution >= 0.6 is 11.6 Å². The van der Waals surface area contributed by atoms with Gasteiger partial charge in [0, 0.05) is 11.2 Å². The van der Waals surface area contributed by atoms with E-state index >= 15 is 0 Å². The molecule has 0 fully saturated rings. The molecule has 0 atom stereocenters. The van der Waals surface area contributed by atoms with E-state index in [-0.39, 0.29) is 10.7 Å². The highest BCUT2D eigenvalue weighted by molar-refractivity contribution is 7.92. The average Bonchev–Trinajstić information content (AvgIpc) is 2.55. The fraction of sp³-hybridized carbons (Fsp3) is 0.353. The van der Waals surface area contributed by atoms with Crippen LogP contribution in [0.4, 0.5) is 5.82 Å². The minimum absolute atomic E-state index is 0.0141. The van der Waals surface area contributed by atoms with Crippen molar-refractivity contribution >= 4 is 27.4 Å². The van der Waals surface area contributed by atoms with Gasteiger partial charge in [-0.1, -0.05) is 37.4 Å². The molecule has 1 N–H and O–H groups in total.